The van der Waals surface area contributed by atoms with E-state index in [2.05, 4.69) is 12.1 Å². The summed E-state index contributed by atoms with van der Waals surface area (Å²) >= 11 is 6.15. The molecule has 2 N–H and O–H groups in total. The molecule has 4 heteroatoms. The average Bonchev–Trinajstić information content (AvgIpc) is 3.16. The Hall–Kier alpha value is -2.38. The number of rotatable bonds is 5. The van der Waals surface area contributed by atoms with Crippen LogP contribution in [0.1, 0.15) is 40.5 Å². The van der Waals surface area contributed by atoms with Crippen LogP contribution in [0.25, 0.3) is 11.3 Å². The second-order valence-corrected chi connectivity index (χ2v) is 7.26. The van der Waals surface area contributed by atoms with E-state index in [1.807, 2.05) is 42.5 Å². The maximum Gasteiger partial charge on any atom is 0.112 e. The van der Waals surface area contributed by atoms with E-state index in [1.165, 1.54) is 0 Å². The number of benzene rings is 1. The Labute approximate surface area is 164 Å². The predicted molar refractivity (Wildman–Crippen MR) is 106 cm³/mol. The van der Waals surface area contributed by atoms with Gasteiger partial charge in [-0.3, -0.25) is 4.98 Å². The van der Waals surface area contributed by atoms with E-state index < -0.39 is 6.10 Å². The molecule has 4 rings (SSSR count). The highest BCUT2D eigenvalue weighted by atomic mass is 35.5. The molecular formula is C23H20ClNO2. The first-order chi connectivity index (χ1) is 13.2. The highest BCUT2D eigenvalue weighted by Crippen LogP contribution is 2.34. The van der Waals surface area contributed by atoms with E-state index in [1.54, 1.807) is 0 Å². The maximum atomic E-state index is 11.0. The molecule has 0 aliphatic heterocycles. The molecular weight excluding hydrogens is 358 g/mol. The van der Waals surface area contributed by atoms with Crippen LogP contribution in [0.4, 0.5) is 0 Å². The summed E-state index contributed by atoms with van der Waals surface area (Å²) in [6.07, 6.45) is 2.66. The van der Waals surface area contributed by atoms with Crippen LogP contribution < -0.4 is 0 Å². The number of aromatic nitrogens is 1. The topological polar surface area (TPSA) is 53.4 Å². The van der Waals surface area contributed by atoms with Crippen molar-refractivity contribution in [1.29, 1.82) is 0 Å². The molecule has 0 saturated carbocycles. The number of hydrogen-bond acceptors (Lipinski definition) is 3. The van der Waals surface area contributed by atoms with Gasteiger partial charge < -0.3 is 10.2 Å². The fourth-order valence-corrected chi connectivity index (χ4v) is 3.82. The molecule has 3 nitrogen and oxygen atoms in total. The molecule has 27 heavy (non-hydrogen) atoms. The Kier molecular flexibility index (Phi) is 5.13. The zero-order valence-corrected chi connectivity index (χ0v) is 15.6. The van der Waals surface area contributed by atoms with Crippen molar-refractivity contribution in [3.05, 3.63) is 87.6 Å². The first kappa shape index (κ1) is 18.0. The lowest BCUT2D eigenvalue weighted by atomic mass is 9.95. The van der Waals surface area contributed by atoms with Gasteiger partial charge in [-0.2, -0.15) is 0 Å². The Morgan fingerprint density at radius 1 is 1.11 bits per heavy atom. The Morgan fingerprint density at radius 3 is 2.74 bits per heavy atom. The molecule has 0 bridgehead atoms. The van der Waals surface area contributed by atoms with Gasteiger partial charge in [-0.25, -0.2) is 0 Å². The first-order valence-corrected chi connectivity index (χ1v) is 9.54. The highest BCUT2D eigenvalue weighted by Gasteiger charge is 2.23. The number of aliphatic hydroxyl groups is 2. The van der Waals surface area contributed by atoms with Crippen LogP contribution in [0.15, 0.2) is 42.5 Å². The van der Waals surface area contributed by atoms with Crippen LogP contribution in [0, 0.1) is 12.1 Å². The molecule has 1 heterocycles. The third-order valence-electron chi connectivity index (χ3n) is 5.01. The third-order valence-corrected chi connectivity index (χ3v) is 5.24. The van der Waals surface area contributed by atoms with Gasteiger partial charge in [0, 0.05) is 40.4 Å². The van der Waals surface area contributed by atoms with E-state index >= 15 is 0 Å². The number of hydrogen-bond donors (Lipinski definition) is 2. The van der Waals surface area contributed by atoms with Crippen molar-refractivity contribution in [2.24, 2.45) is 0 Å². The van der Waals surface area contributed by atoms with Crippen molar-refractivity contribution in [3.63, 3.8) is 0 Å². The minimum absolute atomic E-state index is 0.0765. The summed E-state index contributed by atoms with van der Waals surface area (Å²) < 4.78 is 0. The molecule has 0 radical (unpaired) electrons. The quantitative estimate of drug-likeness (QED) is 0.703. The fraction of sp³-hybridized carbons (Fsp3) is 0.261. The Bertz CT molecular complexity index is 953. The van der Waals surface area contributed by atoms with Crippen LogP contribution in [0.3, 0.4) is 0 Å². The summed E-state index contributed by atoms with van der Waals surface area (Å²) in [5.41, 5.74) is 6.41. The minimum Gasteiger partial charge on any atom is -0.396 e. The van der Waals surface area contributed by atoms with Crippen LogP contribution in [0.5, 0.6) is 0 Å². The van der Waals surface area contributed by atoms with Crippen LogP contribution in [-0.4, -0.2) is 21.8 Å². The summed E-state index contributed by atoms with van der Waals surface area (Å²) in [6, 6.07) is 19.4. The van der Waals surface area contributed by atoms with E-state index in [4.69, 9.17) is 21.7 Å². The molecule has 1 unspecified atom stereocenters. The summed E-state index contributed by atoms with van der Waals surface area (Å²) in [7, 11) is 0. The zero-order valence-electron chi connectivity index (χ0n) is 14.9. The lowest BCUT2D eigenvalue weighted by Crippen LogP contribution is -2.06. The molecule has 2 aromatic carbocycles. The number of aliphatic hydroxyl groups excluding tert-OH is 2. The van der Waals surface area contributed by atoms with Crippen molar-refractivity contribution < 1.29 is 10.2 Å². The van der Waals surface area contributed by atoms with Gasteiger partial charge in [0.05, 0.1) is 5.69 Å². The second kappa shape index (κ2) is 7.70. The largest absolute Gasteiger partial charge is 0.396 e. The van der Waals surface area contributed by atoms with Crippen LogP contribution >= 0.6 is 11.6 Å². The molecule has 3 aromatic rings. The van der Waals surface area contributed by atoms with Crippen molar-refractivity contribution >= 4 is 11.6 Å². The van der Waals surface area contributed by atoms with Gasteiger partial charge in [0.25, 0.3) is 0 Å². The normalized spacial score (nSPS) is 13.9. The summed E-state index contributed by atoms with van der Waals surface area (Å²) in [6.45, 7) is 0.0765. The Balaban J connectivity index is 1.75. The number of fused-ring (bicyclic) bond motifs is 1. The van der Waals surface area contributed by atoms with E-state index in [0.717, 1.165) is 52.9 Å². The molecule has 0 saturated heterocycles. The predicted octanol–water partition coefficient (Wildman–Crippen LogP) is 4.11. The third kappa shape index (κ3) is 3.70. The van der Waals surface area contributed by atoms with Gasteiger partial charge >= 0.3 is 0 Å². The summed E-state index contributed by atoms with van der Waals surface area (Å²) in [5.74, 6) is 0. The van der Waals surface area contributed by atoms with Crippen molar-refractivity contribution in [3.8, 4) is 11.3 Å². The van der Waals surface area contributed by atoms with Gasteiger partial charge in [0.1, 0.15) is 6.10 Å². The SMILES string of the molecule is OCCc1c#cc(C(O)c2cc(-c3cccc(Cl)c3)nc3c2CCC3)cc1. The lowest BCUT2D eigenvalue weighted by Gasteiger charge is -2.16. The molecule has 1 aliphatic rings. The molecule has 0 amide bonds. The number of nitrogens with zero attached hydrogens (tertiary/aromatic N) is 1. The second-order valence-electron chi connectivity index (χ2n) is 6.83. The standard InChI is InChI=1S/C23H20ClNO2/c24-18-4-1-3-17(13-18)22-14-20(19-5-2-6-21(19)25-22)23(27)16-9-7-15(8-10-16)11-12-26/h1,3-4,7,9,13-14,23,26-27H,2,5-6,11-12H2. The van der Waals surface area contributed by atoms with Gasteiger partial charge in [-0.05, 0) is 60.7 Å². The minimum atomic E-state index is -0.780. The van der Waals surface area contributed by atoms with Gasteiger partial charge in [0.2, 0.25) is 0 Å². The van der Waals surface area contributed by atoms with Crippen LogP contribution in [0.2, 0.25) is 5.02 Å². The summed E-state index contributed by atoms with van der Waals surface area (Å²) in [5, 5.41) is 20.8. The monoisotopic (exact) mass is 377 g/mol. The molecule has 1 aliphatic carbocycles. The zero-order chi connectivity index (χ0) is 18.8. The maximum absolute atomic E-state index is 11.0. The van der Waals surface area contributed by atoms with E-state index in [0.29, 0.717) is 17.0 Å². The lowest BCUT2D eigenvalue weighted by molar-refractivity contribution is 0.219. The van der Waals surface area contributed by atoms with Gasteiger partial charge in [-0.15, -0.1) is 0 Å². The van der Waals surface area contributed by atoms with E-state index in [9.17, 15) is 5.11 Å². The first-order valence-electron chi connectivity index (χ1n) is 9.16. The summed E-state index contributed by atoms with van der Waals surface area (Å²) in [4.78, 5) is 4.82. The van der Waals surface area contributed by atoms with Gasteiger partial charge in [-0.1, -0.05) is 35.9 Å². The molecule has 136 valence electrons. The number of aryl methyl sites for hydroxylation is 1. The smallest absolute Gasteiger partial charge is 0.112 e. The van der Waals surface area contributed by atoms with E-state index in [-0.39, 0.29) is 6.61 Å². The number of halogens is 1. The molecule has 1 aromatic heterocycles. The van der Waals surface area contributed by atoms with Crippen LogP contribution in [-0.2, 0) is 19.3 Å². The van der Waals surface area contributed by atoms with Crippen molar-refractivity contribution in [2.75, 3.05) is 6.61 Å². The number of pyridine rings is 1. The Morgan fingerprint density at radius 2 is 2.00 bits per heavy atom. The molecule has 0 spiro atoms. The van der Waals surface area contributed by atoms with Crippen molar-refractivity contribution in [1.82, 2.24) is 4.98 Å². The average molecular weight is 378 g/mol. The van der Waals surface area contributed by atoms with Gasteiger partial charge in [0.15, 0.2) is 0 Å². The molecule has 1 atom stereocenters. The van der Waals surface area contributed by atoms with Crippen molar-refractivity contribution in [2.45, 2.75) is 31.8 Å². The highest BCUT2D eigenvalue weighted by molar-refractivity contribution is 6.30. The molecule has 0 fully saturated rings. The fourth-order valence-electron chi connectivity index (χ4n) is 3.63.